The van der Waals surface area contributed by atoms with Gasteiger partial charge in [-0.05, 0) is 12.1 Å². The molecule has 112 valence electrons. The number of rotatable bonds is 3. The number of methoxy groups -OCH3 is 1. The highest BCUT2D eigenvalue weighted by atomic mass is 16.5. The van der Waals surface area contributed by atoms with Crippen molar-refractivity contribution in [1.82, 2.24) is 9.97 Å². The summed E-state index contributed by atoms with van der Waals surface area (Å²) in [4.78, 5) is 8.53. The summed E-state index contributed by atoms with van der Waals surface area (Å²) in [5.41, 5.74) is 8.75. The lowest BCUT2D eigenvalue weighted by Gasteiger charge is -2.12. The Morgan fingerprint density at radius 1 is 0.957 bits per heavy atom. The molecular weight excluding hydrogens is 288 g/mol. The third kappa shape index (κ3) is 2.70. The van der Waals surface area contributed by atoms with Crippen molar-refractivity contribution in [1.29, 1.82) is 5.26 Å². The number of nitrogen functional groups attached to an aromatic ring is 1. The van der Waals surface area contributed by atoms with E-state index in [0.717, 1.165) is 5.56 Å². The number of benzene rings is 2. The van der Waals surface area contributed by atoms with Gasteiger partial charge in [-0.2, -0.15) is 5.26 Å². The number of hydrogen-bond donors (Lipinski definition) is 1. The zero-order valence-corrected chi connectivity index (χ0v) is 12.5. The molecule has 1 aromatic heterocycles. The van der Waals surface area contributed by atoms with Gasteiger partial charge in [-0.15, -0.1) is 0 Å². The Hall–Kier alpha value is -3.39. The normalized spacial score (nSPS) is 10.1. The predicted molar refractivity (Wildman–Crippen MR) is 88.6 cm³/mol. The molecule has 0 amide bonds. The van der Waals surface area contributed by atoms with Gasteiger partial charge in [-0.3, -0.25) is 0 Å². The predicted octanol–water partition coefficient (Wildman–Crippen LogP) is 3.27. The Labute approximate surface area is 134 Å². The van der Waals surface area contributed by atoms with Gasteiger partial charge in [0.1, 0.15) is 17.4 Å². The summed E-state index contributed by atoms with van der Waals surface area (Å²) in [5, 5.41) is 9.66. The highest BCUT2D eigenvalue weighted by Gasteiger charge is 2.18. The van der Waals surface area contributed by atoms with Crippen molar-refractivity contribution in [2.45, 2.75) is 0 Å². The van der Waals surface area contributed by atoms with Crippen LogP contribution in [0.3, 0.4) is 0 Å². The molecule has 1 heterocycles. The summed E-state index contributed by atoms with van der Waals surface area (Å²) in [6.45, 7) is 0. The van der Waals surface area contributed by atoms with Crippen molar-refractivity contribution in [2.24, 2.45) is 0 Å². The van der Waals surface area contributed by atoms with Crippen LogP contribution in [0.5, 0.6) is 5.75 Å². The minimum atomic E-state index is 0.115. The molecular formula is C18H14N4O. The number of aromatic nitrogens is 2. The van der Waals surface area contributed by atoms with E-state index >= 15 is 0 Å². The van der Waals surface area contributed by atoms with Crippen molar-refractivity contribution in [3.63, 3.8) is 0 Å². The second-order valence-corrected chi connectivity index (χ2v) is 4.83. The fourth-order valence-electron chi connectivity index (χ4n) is 2.42. The van der Waals surface area contributed by atoms with Crippen LogP contribution in [0.15, 0.2) is 54.6 Å². The number of ether oxygens (including phenoxy) is 1. The SMILES string of the molecule is COc1ccccc1-c1nc(N)nc(-c2ccccc2)c1C#N. The highest BCUT2D eigenvalue weighted by molar-refractivity contribution is 5.80. The highest BCUT2D eigenvalue weighted by Crippen LogP contribution is 2.34. The first kappa shape index (κ1) is 14.5. The maximum absolute atomic E-state index is 9.66. The summed E-state index contributed by atoms with van der Waals surface area (Å²) in [6.07, 6.45) is 0. The second kappa shape index (κ2) is 6.16. The van der Waals surface area contributed by atoms with E-state index in [1.54, 1.807) is 7.11 Å². The van der Waals surface area contributed by atoms with Crippen LogP contribution in [-0.4, -0.2) is 17.1 Å². The van der Waals surface area contributed by atoms with E-state index in [-0.39, 0.29) is 5.95 Å². The van der Waals surface area contributed by atoms with E-state index in [1.807, 2.05) is 54.6 Å². The van der Waals surface area contributed by atoms with Crippen molar-refractivity contribution < 1.29 is 4.74 Å². The first-order valence-corrected chi connectivity index (χ1v) is 7.01. The van der Waals surface area contributed by atoms with Gasteiger partial charge in [0.2, 0.25) is 5.95 Å². The molecule has 0 fully saturated rings. The summed E-state index contributed by atoms with van der Waals surface area (Å²) >= 11 is 0. The quantitative estimate of drug-likeness (QED) is 0.802. The number of para-hydroxylation sites is 1. The molecule has 2 N–H and O–H groups in total. The fraction of sp³-hybridized carbons (Fsp3) is 0.0556. The molecule has 0 saturated carbocycles. The molecule has 0 atom stereocenters. The Morgan fingerprint density at radius 3 is 2.30 bits per heavy atom. The van der Waals surface area contributed by atoms with E-state index in [4.69, 9.17) is 10.5 Å². The molecule has 0 unspecified atom stereocenters. The first-order chi connectivity index (χ1) is 11.2. The van der Waals surface area contributed by atoms with E-state index in [1.165, 1.54) is 0 Å². The lowest BCUT2D eigenvalue weighted by Crippen LogP contribution is -2.03. The molecule has 0 aliphatic heterocycles. The molecule has 2 aromatic carbocycles. The largest absolute Gasteiger partial charge is 0.496 e. The number of nitrogens with two attached hydrogens (primary N) is 1. The van der Waals surface area contributed by atoms with Crippen LogP contribution in [0, 0.1) is 11.3 Å². The van der Waals surface area contributed by atoms with Crippen molar-refractivity contribution in [2.75, 3.05) is 12.8 Å². The molecule has 0 saturated heterocycles. The Morgan fingerprint density at radius 2 is 1.61 bits per heavy atom. The smallest absolute Gasteiger partial charge is 0.221 e. The lowest BCUT2D eigenvalue weighted by molar-refractivity contribution is 0.416. The minimum absolute atomic E-state index is 0.115. The van der Waals surface area contributed by atoms with Gasteiger partial charge in [-0.25, -0.2) is 9.97 Å². The summed E-state index contributed by atoms with van der Waals surface area (Å²) < 4.78 is 5.37. The number of anilines is 1. The van der Waals surface area contributed by atoms with Crippen LogP contribution in [-0.2, 0) is 0 Å². The Bertz CT molecular complexity index is 885. The lowest BCUT2D eigenvalue weighted by atomic mass is 10.0. The third-order valence-corrected chi connectivity index (χ3v) is 3.45. The van der Waals surface area contributed by atoms with Crippen LogP contribution in [0.25, 0.3) is 22.5 Å². The number of nitrogens with zero attached hydrogens (tertiary/aromatic N) is 3. The van der Waals surface area contributed by atoms with Gasteiger partial charge in [0.15, 0.2) is 0 Å². The van der Waals surface area contributed by atoms with Crippen LogP contribution >= 0.6 is 0 Å². The zero-order valence-electron chi connectivity index (χ0n) is 12.5. The molecule has 0 aliphatic rings. The van der Waals surface area contributed by atoms with Gasteiger partial charge in [0.25, 0.3) is 0 Å². The molecule has 5 heteroatoms. The van der Waals surface area contributed by atoms with E-state index in [0.29, 0.717) is 28.3 Å². The average Bonchev–Trinajstić information content (AvgIpc) is 2.61. The van der Waals surface area contributed by atoms with E-state index in [2.05, 4.69) is 16.0 Å². The summed E-state index contributed by atoms with van der Waals surface area (Å²) in [5.74, 6) is 0.741. The first-order valence-electron chi connectivity index (χ1n) is 7.01. The van der Waals surface area contributed by atoms with Crippen molar-refractivity contribution >= 4 is 5.95 Å². The molecule has 23 heavy (non-hydrogen) atoms. The van der Waals surface area contributed by atoms with Crippen molar-refractivity contribution in [3.05, 3.63) is 60.2 Å². The van der Waals surface area contributed by atoms with Crippen LogP contribution in [0.4, 0.5) is 5.95 Å². The fourth-order valence-corrected chi connectivity index (χ4v) is 2.42. The second-order valence-electron chi connectivity index (χ2n) is 4.83. The van der Waals surface area contributed by atoms with Crippen molar-refractivity contribution in [3.8, 4) is 34.3 Å². The molecule has 5 nitrogen and oxygen atoms in total. The standard InChI is InChI=1S/C18H14N4O/c1-23-15-10-6-5-9-13(15)17-14(11-19)16(21-18(20)22-17)12-7-3-2-4-8-12/h2-10H,1H3,(H2,20,21,22). The van der Waals surface area contributed by atoms with Gasteiger partial charge < -0.3 is 10.5 Å². The third-order valence-electron chi connectivity index (χ3n) is 3.45. The minimum Gasteiger partial charge on any atom is -0.496 e. The van der Waals surface area contributed by atoms with Gasteiger partial charge in [0.05, 0.1) is 18.5 Å². The molecule has 3 aromatic rings. The van der Waals surface area contributed by atoms with E-state index < -0.39 is 0 Å². The summed E-state index contributed by atoms with van der Waals surface area (Å²) in [6, 6.07) is 19.0. The molecule has 0 aliphatic carbocycles. The van der Waals surface area contributed by atoms with Gasteiger partial charge in [-0.1, -0.05) is 42.5 Å². The topological polar surface area (TPSA) is 84.8 Å². The van der Waals surface area contributed by atoms with Crippen LogP contribution < -0.4 is 10.5 Å². The van der Waals surface area contributed by atoms with Gasteiger partial charge in [0, 0.05) is 11.1 Å². The number of nitriles is 1. The van der Waals surface area contributed by atoms with E-state index in [9.17, 15) is 5.26 Å². The molecule has 0 radical (unpaired) electrons. The van der Waals surface area contributed by atoms with Crippen LogP contribution in [0.2, 0.25) is 0 Å². The maximum atomic E-state index is 9.66. The molecule has 0 spiro atoms. The number of hydrogen-bond acceptors (Lipinski definition) is 5. The average molecular weight is 302 g/mol. The zero-order chi connectivity index (χ0) is 16.2. The maximum Gasteiger partial charge on any atom is 0.221 e. The molecule has 3 rings (SSSR count). The monoisotopic (exact) mass is 302 g/mol. The Balaban J connectivity index is 2.31. The Kier molecular flexibility index (Phi) is 3.89. The van der Waals surface area contributed by atoms with Crippen LogP contribution in [0.1, 0.15) is 5.56 Å². The molecule has 0 bridgehead atoms. The van der Waals surface area contributed by atoms with Gasteiger partial charge >= 0.3 is 0 Å². The summed E-state index contributed by atoms with van der Waals surface area (Å²) in [7, 11) is 1.58.